The van der Waals surface area contributed by atoms with E-state index in [0.717, 1.165) is 22.5 Å². The van der Waals surface area contributed by atoms with Crippen LogP contribution in [0.2, 0.25) is 0 Å². The molecule has 0 aliphatic heterocycles. The van der Waals surface area contributed by atoms with Crippen LogP contribution in [0.1, 0.15) is 37.4 Å². The summed E-state index contributed by atoms with van der Waals surface area (Å²) in [7, 11) is 7.87. The normalized spacial score (nSPS) is 12.6. The first-order valence-electron chi connectivity index (χ1n) is 12.7. The van der Waals surface area contributed by atoms with Gasteiger partial charge in [-0.05, 0) is 47.5 Å². The highest BCUT2D eigenvalue weighted by molar-refractivity contribution is 6.40. The number of amides is 1. The highest BCUT2D eigenvalue weighted by Crippen LogP contribution is 2.41. The standard InChI is InChI=1S/C33H30N4O2/c1-35(2)26-18-14-23(15-19-26)22-34-37(33(39)25-16-20-27(21-17-25)36(3)4)31-28-12-8-9-13-29(28)32(38)30(31)24-10-6-5-7-11-24/h5-22H,1-4H3/b34-22-. The summed E-state index contributed by atoms with van der Waals surface area (Å²) in [5.74, 6) is -0.451. The second-order valence-corrected chi connectivity index (χ2v) is 9.75. The number of hydrazone groups is 1. The predicted molar refractivity (Wildman–Crippen MR) is 159 cm³/mol. The van der Waals surface area contributed by atoms with Crippen molar-refractivity contribution in [2.75, 3.05) is 38.0 Å². The lowest BCUT2D eigenvalue weighted by atomic mass is 10.0. The van der Waals surface area contributed by atoms with Gasteiger partial charge in [0.25, 0.3) is 5.91 Å². The third-order valence-corrected chi connectivity index (χ3v) is 6.72. The molecule has 39 heavy (non-hydrogen) atoms. The maximum Gasteiger partial charge on any atom is 0.278 e. The number of ketones is 1. The maximum atomic E-state index is 14.1. The number of anilines is 2. The number of hydrogen-bond donors (Lipinski definition) is 0. The van der Waals surface area contributed by atoms with Crippen LogP contribution in [0.4, 0.5) is 11.4 Å². The Bertz CT molecular complexity index is 1570. The fourth-order valence-corrected chi connectivity index (χ4v) is 4.58. The number of allylic oxidation sites excluding steroid dienone is 1. The van der Waals surface area contributed by atoms with Gasteiger partial charge in [-0.15, -0.1) is 0 Å². The van der Waals surface area contributed by atoms with E-state index in [0.29, 0.717) is 28.0 Å². The van der Waals surface area contributed by atoms with E-state index in [-0.39, 0.29) is 11.7 Å². The number of benzene rings is 4. The summed E-state index contributed by atoms with van der Waals surface area (Å²) in [4.78, 5) is 31.8. The lowest BCUT2D eigenvalue weighted by Gasteiger charge is -2.21. The Balaban J connectivity index is 1.67. The molecule has 4 aromatic rings. The van der Waals surface area contributed by atoms with Gasteiger partial charge < -0.3 is 9.80 Å². The fourth-order valence-electron chi connectivity index (χ4n) is 4.58. The highest BCUT2D eigenvalue weighted by atomic mass is 16.2. The molecule has 0 bridgehead atoms. The molecule has 0 N–H and O–H groups in total. The van der Waals surface area contributed by atoms with E-state index in [2.05, 4.69) is 0 Å². The van der Waals surface area contributed by atoms with Crippen molar-refractivity contribution in [3.63, 3.8) is 0 Å². The van der Waals surface area contributed by atoms with E-state index in [4.69, 9.17) is 5.10 Å². The molecule has 6 heteroatoms. The minimum Gasteiger partial charge on any atom is -0.378 e. The molecule has 0 spiro atoms. The van der Waals surface area contributed by atoms with Gasteiger partial charge in [0.05, 0.1) is 17.5 Å². The van der Waals surface area contributed by atoms with Gasteiger partial charge in [0.15, 0.2) is 5.78 Å². The molecule has 1 amide bonds. The lowest BCUT2D eigenvalue weighted by Crippen LogP contribution is -2.25. The van der Waals surface area contributed by atoms with E-state index in [1.807, 2.05) is 123 Å². The van der Waals surface area contributed by atoms with Crippen molar-refractivity contribution in [2.24, 2.45) is 5.10 Å². The Morgan fingerprint density at radius 1 is 0.667 bits per heavy atom. The first-order chi connectivity index (χ1) is 18.8. The van der Waals surface area contributed by atoms with Gasteiger partial charge in [0, 0.05) is 56.3 Å². The van der Waals surface area contributed by atoms with Gasteiger partial charge in [-0.25, -0.2) is 0 Å². The number of fused-ring (bicyclic) bond motifs is 1. The average Bonchev–Trinajstić information content (AvgIpc) is 3.26. The van der Waals surface area contributed by atoms with Gasteiger partial charge in [-0.2, -0.15) is 10.1 Å². The topological polar surface area (TPSA) is 56.2 Å². The average molecular weight is 515 g/mol. The van der Waals surface area contributed by atoms with Crippen LogP contribution in [0.25, 0.3) is 11.3 Å². The zero-order valence-corrected chi connectivity index (χ0v) is 22.5. The number of carbonyl (C=O) groups excluding carboxylic acids is 2. The summed E-state index contributed by atoms with van der Waals surface area (Å²) < 4.78 is 0. The van der Waals surface area contributed by atoms with E-state index in [9.17, 15) is 9.59 Å². The van der Waals surface area contributed by atoms with Crippen LogP contribution in [0, 0.1) is 0 Å². The molecule has 5 rings (SSSR count). The van der Waals surface area contributed by atoms with Crippen LogP contribution in [0.3, 0.4) is 0 Å². The molecule has 0 heterocycles. The summed E-state index contributed by atoms with van der Waals surface area (Å²) in [6.45, 7) is 0. The smallest absolute Gasteiger partial charge is 0.278 e. The van der Waals surface area contributed by atoms with E-state index in [1.165, 1.54) is 5.01 Å². The van der Waals surface area contributed by atoms with Crippen LogP contribution in [-0.2, 0) is 0 Å². The van der Waals surface area contributed by atoms with Gasteiger partial charge >= 0.3 is 0 Å². The first kappa shape index (κ1) is 25.7. The molecule has 0 radical (unpaired) electrons. The molecule has 0 aromatic heterocycles. The predicted octanol–water partition coefficient (Wildman–Crippen LogP) is 6.06. The molecule has 4 aromatic carbocycles. The second-order valence-electron chi connectivity index (χ2n) is 9.75. The summed E-state index contributed by atoms with van der Waals surface area (Å²) in [5, 5.41) is 6.09. The quantitative estimate of drug-likeness (QED) is 0.222. The summed E-state index contributed by atoms with van der Waals surface area (Å²) >= 11 is 0. The zero-order valence-electron chi connectivity index (χ0n) is 22.5. The molecule has 1 aliphatic rings. The van der Waals surface area contributed by atoms with Gasteiger partial charge in [-0.3, -0.25) is 9.59 Å². The third-order valence-electron chi connectivity index (χ3n) is 6.72. The van der Waals surface area contributed by atoms with Gasteiger partial charge in [0.2, 0.25) is 0 Å². The molecule has 0 saturated carbocycles. The molecule has 6 nitrogen and oxygen atoms in total. The number of nitrogens with zero attached hydrogens (tertiary/aromatic N) is 4. The van der Waals surface area contributed by atoms with Crippen molar-refractivity contribution in [2.45, 2.75) is 0 Å². The molecule has 1 aliphatic carbocycles. The van der Waals surface area contributed by atoms with Crippen LogP contribution < -0.4 is 9.80 Å². The number of rotatable bonds is 7. The largest absolute Gasteiger partial charge is 0.378 e. The Morgan fingerprint density at radius 2 is 1.21 bits per heavy atom. The maximum absolute atomic E-state index is 14.1. The van der Waals surface area contributed by atoms with Crippen molar-refractivity contribution in [3.8, 4) is 0 Å². The van der Waals surface area contributed by atoms with Gasteiger partial charge in [-0.1, -0.05) is 66.7 Å². The highest BCUT2D eigenvalue weighted by Gasteiger charge is 2.36. The van der Waals surface area contributed by atoms with Crippen LogP contribution in [0.15, 0.2) is 108 Å². The number of hydrogen-bond acceptors (Lipinski definition) is 5. The lowest BCUT2D eigenvalue weighted by molar-refractivity contribution is 0.0840. The van der Waals surface area contributed by atoms with E-state index < -0.39 is 0 Å². The molecule has 0 atom stereocenters. The number of carbonyl (C=O) groups is 2. The molecular formula is C33H30N4O2. The van der Waals surface area contributed by atoms with Crippen molar-refractivity contribution >= 4 is 40.5 Å². The fraction of sp³-hybridized carbons (Fsp3) is 0.121. The Labute approximate surface area is 229 Å². The van der Waals surface area contributed by atoms with Gasteiger partial charge in [0.1, 0.15) is 0 Å². The van der Waals surface area contributed by atoms with Crippen LogP contribution in [0.5, 0.6) is 0 Å². The molecular weight excluding hydrogens is 484 g/mol. The first-order valence-corrected chi connectivity index (χ1v) is 12.7. The van der Waals surface area contributed by atoms with Crippen molar-refractivity contribution < 1.29 is 9.59 Å². The summed E-state index contributed by atoms with van der Waals surface area (Å²) in [6, 6.07) is 32.1. The molecule has 0 unspecified atom stereocenters. The van der Waals surface area contributed by atoms with Crippen molar-refractivity contribution in [3.05, 3.63) is 131 Å². The Morgan fingerprint density at radius 3 is 1.79 bits per heavy atom. The molecule has 0 fully saturated rings. The zero-order chi connectivity index (χ0) is 27.5. The Kier molecular flexibility index (Phi) is 7.10. The van der Waals surface area contributed by atoms with Crippen LogP contribution in [-0.4, -0.2) is 51.1 Å². The third kappa shape index (κ3) is 5.09. The summed E-state index contributed by atoms with van der Waals surface area (Å²) in [6.07, 6.45) is 1.66. The van der Waals surface area contributed by atoms with Crippen molar-refractivity contribution in [1.82, 2.24) is 5.01 Å². The van der Waals surface area contributed by atoms with Crippen LogP contribution >= 0.6 is 0 Å². The monoisotopic (exact) mass is 514 g/mol. The minimum atomic E-state index is -0.325. The second kappa shape index (κ2) is 10.8. The SMILES string of the molecule is CN(C)c1ccc(/C=N\N(C(=O)c2ccc(N(C)C)cc2)C2=C(c3ccccc3)C(=O)c3ccccc32)cc1. The Hall–Kier alpha value is -4.97. The summed E-state index contributed by atoms with van der Waals surface area (Å²) in [5.41, 5.74) is 6.24. The molecule has 0 saturated heterocycles. The minimum absolute atomic E-state index is 0.127. The van der Waals surface area contributed by atoms with E-state index in [1.54, 1.807) is 24.4 Å². The van der Waals surface area contributed by atoms with E-state index >= 15 is 0 Å². The molecule has 194 valence electrons. The number of Topliss-reactive ketones (excluding diaryl/α,β-unsaturated/α-hetero) is 1. The van der Waals surface area contributed by atoms with Crippen molar-refractivity contribution in [1.29, 1.82) is 0 Å².